The number of nitrogens with one attached hydrogen (secondary N) is 2. The Bertz CT molecular complexity index is 999. The van der Waals surface area contributed by atoms with Gasteiger partial charge in [-0.05, 0) is 36.8 Å². The van der Waals surface area contributed by atoms with Crippen LogP contribution in [0.5, 0.6) is 0 Å². The maximum Gasteiger partial charge on any atom is 0.229 e. The molecule has 0 bridgehead atoms. The molecular formula is C17H16FN3O2S2. The van der Waals surface area contributed by atoms with E-state index in [-0.39, 0.29) is 5.82 Å². The summed E-state index contributed by atoms with van der Waals surface area (Å²) in [7, 11) is -3.30. The van der Waals surface area contributed by atoms with Gasteiger partial charge in [0, 0.05) is 22.3 Å². The number of thiazole rings is 1. The van der Waals surface area contributed by atoms with Gasteiger partial charge in [-0.3, -0.25) is 4.72 Å². The van der Waals surface area contributed by atoms with Crippen molar-refractivity contribution in [1.29, 1.82) is 0 Å². The van der Waals surface area contributed by atoms with Crippen molar-refractivity contribution >= 4 is 37.9 Å². The summed E-state index contributed by atoms with van der Waals surface area (Å²) in [6.45, 7) is 1.89. The Kier molecular flexibility index (Phi) is 4.73. The lowest BCUT2D eigenvalue weighted by Crippen LogP contribution is -2.09. The van der Waals surface area contributed by atoms with Crippen molar-refractivity contribution in [1.82, 2.24) is 4.98 Å². The normalized spacial score (nSPS) is 11.3. The Labute approximate surface area is 149 Å². The lowest BCUT2D eigenvalue weighted by atomic mass is 10.1. The van der Waals surface area contributed by atoms with Gasteiger partial charge >= 0.3 is 0 Å². The summed E-state index contributed by atoms with van der Waals surface area (Å²) < 4.78 is 38.2. The first-order chi connectivity index (χ1) is 11.8. The average Bonchev–Trinajstić information content (AvgIpc) is 2.99. The number of hydrogen-bond donors (Lipinski definition) is 2. The minimum absolute atomic E-state index is 0.307. The molecule has 1 aromatic heterocycles. The molecular weight excluding hydrogens is 361 g/mol. The van der Waals surface area contributed by atoms with Gasteiger partial charge in [0.1, 0.15) is 5.82 Å². The molecule has 1 heterocycles. The fourth-order valence-electron chi connectivity index (χ4n) is 2.23. The highest BCUT2D eigenvalue weighted by molar-refractivity contribution is 7.92. The van der Waals surface area contributed by atoms with Crippen molar-refractivity contribution in [3.63, 3.8) is 0 Å². The van der Waals surface area contributed by atoms with E-state index in [1.165, 1.54) is 23.5 Å². The van der Waals surface area contributed by atoms with Crippen LogP contribution in [-0.4, -0.2) is 19.7 Å². The van der Waals surface area contributed by atoms with Crippen LogP contribution >= 0.6 is 11.3 Å². The zero-order valence-corrected chi connectivity index (χ0v) is 15.2. The molecule has 25 heavy (non-hydrogen) atoms. The molecule has 2 aromatic carbocycles. The first-order valence-electron chi connectivity index (χ1n) is 7.37. The summed E-state index contributed by atoms with van der Waals surface area (Å²) >= 11 is 1.41. The number of sulfonamides is 1. The lowest BCUT2D eigenvalue weighted by Gasteiger charge is -2.06. The molecule has 0 aliphatic heterocycles. The van der Waals surface area contributed by atoms with Crippen LogP contribution in [0, 0.1) is 12.7 Å². The number of anilines is 3. The zero-order valence-electron chi connectivity index (χ0n) is 13.6. The fourth-order valence-corrected chi connectivity index (χ4v) is 3.53. The molecule has 0 saturated carbocycles. The van der Waals surface area contributed by atoms with Crippen molar-refractivity contribution in [2.75, 3.05) is 16.3 Å². The molecule has 3 aromatic rings. The third kappa shape index (κ3) is 4.55. The molecule has 0 amide bonds. The summed E-state index contributed by atoms with van der Waals surface area (Å²) in [6.07, 6.45) is 1.10. The molecule has 0 saturated heterocycles. The van der Waals surface area contributed by atoms with Gasteiger partial charge in [0.2, 0.25) is 10.0 Å². The highest BCUT2D eigenvalue weighted by Crippen LogP contribution is 2.29. The number of nitrogens with zero attached hydrogens (tertiary/aromatic N) is 1. The number of aryl methyl sites for hydroxylation is 1. The van der Waals surface area contributed by atoms with Crippen LogP contribution in [-0.2, 0) is 10.0 Å². The molecule has 0 aliphatic rings. The highest BCUT2D eigenvalue weighted by atomic mass is 32.2. The van der Waals surface area contributed by atoms with E-state index < -0.39 is 10.0 Å². The van der Waals surface area contributed by atoms with E-state index in [1.54, 1.807) is 30.3 Å². The molecule has 3 rings (SSSR count). The quantitative estimate of drug-likeness (QED) is 0.692. The standard InChI is InChI=1S/C17H16FN3O2S2/c1-11-3-6-13(18)9-15(11)19-17-20-16(10-24-17)12-4-7-14(8-5-12)21-25(2,22)23/h3-10,21H,1-2H3,(H,19,20). The van der Waals surface area contributed by atoms with E-state index in [4.69, 9.17) is 0 Å². The molecule has 0 aliphatic carbocycles. The summed E-state index contributed by atoms with van der Waals surface area (Å²) in [6, 6.07) is 11.5. The van der Waals surface area contributed by atoms with Gasteiger partial charge in [-0.1, -0.05) is 18.2 Å². The number of aromatic nitrogens is 1. The summed E-state index contributed by atoms with van der Waals surface area (Å²) in [5, 5.41) is 5.66. The second-order valence-electron chi connectivity index (χ2n) is 5.57. The summed E-state index contributed by atoms with van der Waals surface area (Å²) in [4.78, 5) is 4.50. The van der Waals surface area contributed by atoms with Gasteiger partial charge in [-0.15, -0.1) is 11.3 Å². The van der Waals surface area contributed by atoms with Crippen molar-refractivity contribution in [3.05, 3.63) is 59.2 Å². The topological polar surface area (TPSA) is 71.1 Å². The molecule has 0 radical (unpaired) electrons. The minimum Gasteiger partial charge on any atom is -0.331 e. The summed E-state index contributed by atoms with van der Waals surface area (Å²) in [5.41, 5.74) is 3.71. The average molecular weight is 377 g/mol. The zero-order chi connectivity index (χ0) is 18.0. The van der Waals surface area contributed by atoms with Gasteiger partial charge in [-0.2, -0.15) is 0 Å². The molecule has 5 nitrogen and oxygen atoms in total. The van der Waals surface area contributed by atoms with E-state index in [2.05, 4.69) is 15.0 Å². The fraction of sp³-hybridized carbons (Fsp3) is 0.118. The van der Waals surface area contributed by atoms with Crippen LogP contribution in [0.15, 0.2) is 47.8 Å². The molecule has 2 N–H and O–H groups in total. The van der Waals surface area contributed by atoms with Crippen molar-refractivity contribution in [3.8, 4) is 11.3 Å². The second kappa shape index (κ2) is 6.81. The maximum absolute atomic E-state index is 13.4. The van der Waals surface area contributed by atoms with Crippen LogP contribution in [0.4, 0.5) is 20.9 Å². The van der Waals surface area contributed by atoms with Crippen molar-refractivity contribution in [2.24, 2.45) is 0 Å². The third-order valence-corrected chi connectivity index (χ3v) is 4.79. The van der Waals surface area contributed by atoms with Crippen LogP contribution < -0.4 is 10.0 Å². The van der Waals surface area contributed by atoms with Gasteiger partial charge in [0.15, 0.2) is 5.13 Å². The molecule has 0 unspecified atom stereocenters. The molecule has 0 fully saturated rings. The van der Waals surface area contributed by atoms with Crippen molar-refractivity contribution in [2.45, 2.75) is 6.92 Å². The Morgan fingerprint density at radius 1 is 1.12 bits per heavy atom. The first kappa shape index (κ1) is 17.4. The SMILES string of the molecule is Cc1ccc(F)cc1Nc1nc(-c2ccc(NS(C)(=O)=O)cc2)cs1. The molecule has 0 atom stereocenters. The predicted molar refractivity (Wildman–Crippen MR) is 100 cm³/mol. The monoisotopic (exact) mass is 377 g/mol. The van der Waals surface area contributed by atoms with E-state index in [0.29, 0.717) is 16.5 Å². The largest absolute Gasteiger partial charge is 0.331 e. The maximum atomic E-state index is 13.4. The van der Waals surface area contributed by atoms with Gasteiger partial charge in [0.05, 0.1) is 11.9 Å². The number of halogens is 1. The number of rotatable bonds is 5. The predicted octanol–water partition coefficient (Wildman–Crippen LogP) is 4.37. The number of benzene rings is 2. The van der Waals surface area contributed by atoms with Gasteiger partial charge in [-0.25, -0.2) is 17.8 Å². The number of hydrogen-bond acceptors (Lipinski definition) is 5. The van der Waals surface area contributed by atoms with Crippen LogP contribution in [0.25, 0.3) is 11.3 Å². The van der Waals surface area contributed by atoms with E-state index in [9.17, 15) is 12.8 Å². The Hall–Kier alpha value is -2.45. The third-order valence-electron chi connectivity index (χ3n) is 3.43. The lowest BCUT2D eigenvalue weighted by molar-refractivity contribution is 0.607. The van der Waals surface area contributed by atoms with Crippen LogP contribution in [0.3, 0.4) is 0 Å². The highest BCUT2D eigenvalue weighted by Gasteiger charge is 2.08. The van der Waals surface area contributed by atoms with Crippen LogP contribution in [0.2, 0.25) is 0 Å². The Morgan fingerprint density at radius 3 is 2.52 bits per heavy atom. The van der Waals surface area contributed by atoms with Gasteiger partial charge < -0.3 is 5.32 Å². The Balaban J connectivity index is 1.78. The Morgan fingerprint density at radius 2 is 1.84 bits per heavy atom. The van der Waals surface area contributed by atoms with E-state index >= 15 is 0 Å². The second-order valence-corrected chi connectivity index (χ2v) is 8.18. The van der Waals surface area contributed by atoms with E-state index in [0.717, 1.165) is 23.1 Å². The van der Waals surface area contributed by atoms with Crippen LogP contribution in [0.1, 0.15) is 5.56 Å². The molecule has 8 heteroatoms. The minimum atomic E-state index is -3.30. The summed E-state index contributed by atoms with van der Waals surface area (Å²) in [5.74, 6) is -0.307. The van der Waals surface area contributed by atoms with Gasteiger partial charge in [0.25, 0.3) is 0 Å². The smallest absolute Gasteiger partial charge is 0.229 e. The van der Waals surface area contributed by atoms with Crippen molar-refractivity contribution < 1.29 is 12.8 Å². The first-order valence-corrected chi connectivity index (χ1v) is 10.1. The van der Waals surface area contributed by atoms with E-state index in [1.807, 2.05) is 12.3 Å². The molecule has 0 spiro atoms. The molecule has 130 valence electrons.